The SMILES string of the molecule is CN(Cc1cscn1)c1cccnc1CN. The number of nitrogens with zero attached hydrogens (tertiary/aromatic N) is 3. The van der Waals surface area contributed by atoms with Crippen molar-refractivity contribution < 1.29 is 0 Å². The van der Waals surface area contributed by atoms with Gasteiger partial charge < -0.3 is 10.6 Å². The van der Waals surface area contributed by atoms with Gasteiger partial charge >= 0.3 is 0 Å². The molecule has 2 aromatic heterocycles. The zero-order valence-electron chi connectivity index (χ0n) is 9.13. The smallest absolute Gasteiger partial charge is 0.0795 e. The number of thiazole rings is 1. The molecule has 0 saturated carbocycles. The molecule has 2 rings (SSSR count). The minimum Gasteiger partial charge on any atom is -0.367 e. The Hall–Kier alpha value is -1.46. The fourth-order valence-corrected chi connectivity index (χ4v) is 2.13. The average molecular weight is 234 g/mol. The monoisotopic (exact) mass is 234 g/mol. The molecule has 2 N–H and O–H groups in total. The van der Waals surface area contributed by atoms with Crippen molar-refractivity contribution in [2.24, 2.45) is 5.73 Å². The number of nitrogens with two attached hydrogens (primary N) is 1. The molecule has 0 aliphatic heterocycles. The Morgan fingerprint density at radius 1 is 1.44 bits per heavy atom. The molecular weight excluding hydrogens is 220 g/mol. The lowest BCUT2D eigenvalue weighted by Crippen LogP contribution is -2.19. The maximum atomic E-state index is 5.66. The highest BCUT2D eigenvalue weighted by atomic mass is 32.1. The van der Waals surface area contributed by atoms with Gasteiger partial charge in [0, 0.05) is 25.2 Å². The van der Waals surface area contributed by atoms with Crippen LogP contribution in [0.3, 0.4) is 0 Å². The third kappa shape index (κ3) is 2.37. The summed E-state index contributed by atoms with van der Waals surface area (Å²) in [7, 11) is 2.02. The van der Waals surface area contributed by atoms with Gasteiger partial charge in [0.15, 0.2) is 0 Å². The van der Waals surface area contributed by atoms with Crippen LogP contribution in [0.5, 0.6) is 0 Å². The van der Waals surface area contributed by atoms with E-state index in [-0.39, 0.29) is 0 Å². The second-order valence-corrected chi connectivity index (χ2v) is 4.23. The molecular formula is C11H14N4S. The Labute approximate surface area is 98.8 Å². The normalized spacial score (nSPS) is 10.4. The molecule has 0 aromatic carbocycles. The van der Waals surface area contributed by atoms with Crippen molar-refractivity contribution in [2.75, 3.05) is 11.9 Å². The van der Waals surface area contributed by atoms with Gasteiger partial charge in [-0.1, -0.05) is 0 Å². The van der Waals surface area contributed by atoms with Crippen LogP contribution < -0.4 is 10.6 Å². The summed E-state index contributed by atoms with van der Waals surface area (Å²) < 4.78 is 0. The van der Waals surface area contributed by atoms with Crippen LogP contribution in [0.25, 0.3) is 0 Å². The topological polar surface area (TPSA) is 55.0 Å². The van der Waals surface area contributed by atoms with Crippen LogP contribution in [-0.2, 0) is 13.1 Å². The summed E-state index contributed by atoms with van der Waals surface area (Å²) in [5, 5.41) is 2.05. The summed E-state index contributed by atoms with van der Waals surface area (Å²) >= 11 is 1.61. The van der Waals surface area contributed by atoms with Crippen molar-refractivity contribution in [1.29, 1.82) is 0 Å². The molecule has 84 valence electrons. The summed E-state index contributed by atoms with van der Waals surface area (Å²) in [6, 6.07) is 3.95. The van der Waals surface area contributed by atoms with E-state index in [2.05, 4.69) is 20.2 Å². The van der Waals surface area contributed by atoms with E-state index in [1.165, 1.54) is 0 Å². The number of hydrogen-bond acceptors (Lipinski definition) is 5. The van der Waals surface area contributed by atoms with Crippen molar-refractivity contribution >= 4 is 17.0 Å². The Morgan fingerprint density at radius 3 is 3.00 bits per heavy atom. The minimum atomic E-state index is 0.456. The average Bonchev–Trinajstić information content (AvgIpc) is 2.81. The van der Waals surface area contributed by atoms with Crippen molar-refractivity contribution in [1.82, 2.24) is 9.97 Å². The van der Waals surface area contributed by atoms with E-state index in [4.69, 9.17) is 5.73 Å². The quantitative estimate of drug-likeness (QED) is 0.873. The van der Waals surface area contributed by atoms with Crippen molar-refractivity contribution in [3.8, 4) is 0 Å². The van der Waals surface area contributed by atoms with Crippen LogP contribution in [0.15, 0.2) is 29.2 Å². The van der Waals surface area contributed by atoms with Crippen molar-refractivity contribution in [3.63, 3.8) is 0 Å². The molecule has 0 amide bonds. The molecule has 0 bridgehead atoms. The molecule has 0 saturated heterocycles. The molecule has 0 unspecified atom stereocenters. The molecule has 2 heterocycles. The standard InChI is InChI=1S/C11H14N4S/c1-15(6-9-7-16-8-14-9)11-3-2-4-13-10(11)5-12/h2-4,7-8H,5-6,12H2,1H3. The molecule has 0 aliphatic rings. The predicted octanol–water partition coefficient (Wildman–Crippen LogP) is 1.63. The van der Waals surface area contributed by atoms with E-state index in [1.807, 2.05) is 24.7 Å². The Morgan fingerprint density at radius 2 is 2.31 bits per heavy atom. The number of anilines is 1. The van der Waals surface area contributed by atoms with Crippen LogP contribution in [0, 0.1) is 0 Å². The lowest BCUT2D eigenvalue weighted by Gasteiger charge is -2.20. The molecule has 0 atom stereocenters. The zero-order chi connectivity index (χ0) is 11.4. The first-order valence-electron chi connectivity index (χ1n) is 5.03. The fraction of sp³-hybridized carbons (Fsp3) is 0.273. The van der Waals surface area contributed by atoms with Crippen LogP contribution in [-0.4, -0.2) is 17.0 Å². The lowest BCUT2D eigenvalue weighted by molar-refractivity contribution is 0.865. The first-order chi connectivity index (χ1) is 7.81. The second-order valence-electron chi connectivity index (χ2n) is 3.51. The Kier molecular flexibility index (Phi) is 3.48. The van der Waals surface area contributed by atoms with Gasteiger partial charge in [-0.05, 0) is 12.1 Å². The van der Waals surface area contributed by atoms with Crippen LogP contribution in [0.4, 0.5) is 5.69 Å². The Bertz CT molecular complexity index is 441. The summed E-state index contributed by atoms with van der Waals surface area (Å²) in [6.45, 7) is 1.24. The number of rotatable bonds is 4. The molecule has 2 aromatic rings. The van der Waals surface area contributed by atoms with Gasteiger partial charge in [-0.3, -0.25) is 4.98 Å². The highest BCUT2D eigenvalue weighted by Crippen LogP contribution is 2.18. The van der Waals surface area contributed by atoms with Gasteiger partial charge in [0.1, 0.15) is 0 Å². The van der Waals surface area contributed by atoms with E-state index < -0.39 is 0 Å². The van der Waals surface area contributed by atoms with Gasteiger partial charge in [0.25, 0.3) is 0 Å². The van der Waals surface area contributed by atoms with Gasteiger partial charge in [-0.2, -0.15) is 0 Å². The largest absolute Gasteiger partial charge is 0.367 e. The van der Waals surface area contributed by atoms with Gasteiger partial charge in [0.2, 0.25) is 0 Å². The number of hydrogen-bond donors (Lipinski definition) is 1. The first-order valence-corrected chi connectivity index (χ1v) is 5.97. The summed E-state index contributed by atoms with van der Waals surface area (Å²) in [5.41, 5.74) is 10.6. The van der Waals surface area contributed by atoms with Gasteiger partial charge in [-0.15, -0.1) is 11.3 Å². The molecule has 5 heteroatoms. The van der Waals surface area contributed by atoms with Crippen LogP contribution in [0.1, 0.15) is 11.4 Å². The highest BCUT2D eigenvalue weighted by molar-refractivity contribution is 7.07. The van der Waals surface area contributed by atoms with Crippen molar-refractivity contribution in [3.05, 3.63) is 40.6 Å². The summed E-state index contributed by atoms with van der Waals surface area (Å²) in [5.74, 6) is 0. The van der Waals surface area contributed by atoms with Gasteiger partial charge in [-0.25, -0.2) is 4.98 Å². The minimum absolute atomic E-state index is 0.456. The van der Waals surface area contributed by atoms with E-state index >= 15 is 0 Å². The first kappa shape index (κ1) is 11.0. The lowest BCUT2D eigenvalue weighted by atomic mass is 10.2. The molecule has 0 radical (unpaired) electrons. The maximum Gasteiger partial charge on any atom is 0.0795 e. The van der Waals surface area contributed by atoms with Gasteiger partial charge in [0.05, 0.1) is 29.1 Å². The third-order valence-electron chi connectivity index (χ3n) is 2.35. The highest BCUT2D eigenvalue weighted by Gasteiger charge is 2.08. The number of pyridine rings is 1. The van der Waals surface area contributed by atoms with E-state index in [1.54, 1.807) is 17.5 Å². The fourth-order valence-electron chi connectivity index (χ4n) is 1.58. The third-order valence-corrected chi connectivity index (χ3v) is 2.99. The predicted molar refractivity (Wildman–Crippen MR) is 66.3 cm³/mol. The van der Waals surface area contributed by atoms with Crippen molar-refractivity contribution in [2.45, 2.75) is 13.1 Å². The molecule has 0 fully saturated rings. The van der Waals surface area contributed by atoms with E-state index in [0.717, 1.165) is 23.6 Å². The zero-order valence-corrected chi connectivity index (χ0v) is 9.94. The number of aromatic nitrogens is 2. The molecule has 0 spiro atoms. The van der Waals surface area contributed by atoms with E-state index in [0.29, 0.717) is 6.54 Å². The van der Waals surface area contributed by atoms with Crippen LogP contribution >= 0.6 is 11.3 Å². The molecule has 0 aliphatic carbocycles. The summed E-state index contributed by atoms with van der Waals surface area (Å²) in [4.78, 5) is 10.6. The second kappa shape index (κ2) is 5.05. The van der Waals surface area contributed by atoms with E-state index in [9.17, 15) is 0 Å². The summed E-state index contributed by atoms with van der Waals surface area (Å²) in [6.07, 6.45) is 1.77. The molecule has 4 nitrogen and oxygen atoms in total. The Balaban J connectivity index is 2.17. The van der Waals surface area contributed by atoms with Crippen LogP contribution in [0.2, 0.25) is 0 Å². The maximum absolute atomic E-state index is 5.66. The molecule has 16 heavy (non-hydrogen) atoms.